The molecule has 1 fully saturated rings. The van der Waals surface area contributed by atoms with Crippen LogP contribution in [-0.4, -0.2) is 17.1 Å². The van der Waals surface area contributed by atoms with Gasteiger partial charge in [-0.1, -0.05) is 31.4 Å². The van der Waals surface area contributed by atoms with Gasteiger partial charge in [-0.2, -0.15) is 0 Å². The van der Waals surface area contributed by atoms with E-state index in [1.54, 1.807) is 12.1 Å². The maximum atomic E-state index is 11.2. The Labute approximate surface area is 119 Å². The van der Waals surface area contributed by atoms with E-state index in [1.807, 2.05) is 0 Å². The van der Waals surface area contributed by atoms with Crippen LogP contribution < -0.4 is 5.32 Å². The standard InChI is InChI=1S/C15H20ClNO2/c1-10-3-2-4-12(7-5-10)17-14-8-6-11(16)9-13(14)15(18)19/h6,8-10,12,17H,2-5,7H2,1H3,(H,18,19). The molecule has 0 spiro atoms. The molecule has 2 N–H and O–H groups in total. The van der Waals surface area contributed by atoms with Crippen molar-refractivity contribution in [3.8, 4) is 0 Å². The van der Waals surface area contributed by atoms with E-state index in [1.165, 1.54) is 25.3 Å². The molecule has 104 valence electrons. The predicted octanol–water partition coefficient (Wildman–Crippen LogP) is 4.42. The fourth-order valence-corrected chi connectivity index (χ4v) is 2.84. The van der Waals surface area contributed by atoms with E-state index in [-0.39, 0.29) is 5.56 Å². The minimum absolute atomic E-state index is 0.254. The van der Waals surface area contributed by atoms with Crippen molar-refractivity contribution in [3.63, 3.8) is 0 Å². The lowest BCUT2D eigenvalue weighted by atomic mass is 10.0. The molecule has 1 saturated carbocycles. The maximum Gasteiger partial charge on any atom is 0.337 e. The number of carboxylic acid groups (broad SMARTS) is 1. The first-order valence-electron chi connectivity index (χ1n) is 6.85. The first-order valence-corrected chi connectivity index (χ1v) is 7.23. The molecular formula is C15H20ClNO2. The quantitative estimate of drug-likeness (QED) is 0.807. The van der Waals surface area contributed by atoms with Crippen molar-refractivity contribution in [2.45, 2.75) is 45.1 Å². The molecule has 1 aromatic carbocycles. The van der Waals surface area contributed by atoms with Crippen molar-refractivity contribution in [2.24, 2.45) is 5.92 Å². The van der Waals surface area contributed by atoms with Crippen LogP contribution in [0.4, 0.5) is 5.69 Å². The van der Waals surface area contributed by atoms with Gasteiger partial charge in [0.2, 0.25) is 0 Å². The highest BCUT2D eigenvalue weighted by atomic mass is 35.5. The van der Waals surface area contributed by atoms with Gasteiger partial charge in [-0.25, -0.2) is 4.79 Å². The van der Waals surface area contributed by atoms with Gasteiger partial charge in [0.05, 0.1) is 5.56 Å². The van der Waals surface area contributed by atoms with E-state index in [4.69, 9.17) is 11.6 Å². The second kappa shape index (κ2) is 6.29. The molecule has 4 heteroatoms. The van der Waals surface area contributed by atoms with Crippen LogP contribution in [0.25, 0.3) is 0 Å². The zero-order chi connectivity index (χ0) is 13.8. The Balaban J connectivity index is 2.12. The normalized spacial score (nSPS) is 23.7. The number of anilines is 1. The Morgan fingerprint density at radius 3 is 2.84 bits per heavy atom. The van der Waals surface area contributed by atoms with Crippen LogP contribution in [-0.2, 0) is 0 Å². The molecule has 1 aliphatic carbocycles. The van der Waals surface area contributed by atoms with E-state index < -0.39 is 5.97 Å². The van der Waals surface area contributed by atoms with Crippen LogP contribution in [0.5, 0.6) is 0 Å². The lowest BCUT2D eigenvalue weighted by molar-refractivity contribution is 0.0698. The van der Waals surface area contributed by atoms with Crippen molar-refractivity contribution >= 4 is 23.3 Å². The Bertz CT molecular complexity index is 461. The van der Waals surface area contributed by atoms with Crippen LogP contribution in [0, 0.1) is 5.92 Å². The zero-order valence-electron chi connectivity index (χ0n) is 11.2. The third kappa shape index (κ3) is 3.87. The van der Waals surface area contributed by atoms with E-state index >= 15 is 0 Å². The Morgan fingerprint density at radius 1 is 1.32 bits per heavy atom. The Hall–Kier alpha value is -1.22. The summed E-state index contributed by atoms with van der Waals surface area (Å²) in [6, 6.07) is 5.37. The fourth-order valence-electron chi connectivity index (χ4n) is 2.67. The van der Waals surface area contributed by atoms with Crippen molar-refractivity contribution in [1.82, 2.24) is 0 Å². The summed E-state index contributed by atoms with van der Waals surface area (Å²) < 4.78 is 0. The van der Waals surface area contributed by atoms with Crippen LogP contribution >= 0.6 is 11.6 Å². The van der Waals surface area contributed by atoms with Crippen molar-refractivity contribution in [3.05, 3.63) is 28.8 Å². The van der Waals surface area contributed by atoms with Gasteiger partial charge in [0.25, 0.3) is 0 Å². The van der Waals surface area contributed by atoms with E-state index in [0.29, 0.717) is 16.8 Å². The van der Waals surface area contributed by atoms with Gasteiger partial charge in [0.1, 0.15) is 0 Å². The van der Waals surface area contributed by atoms with Gasteiger partial charge in [-0.3, -0.25) is 0 Å². The molecule has 1 aromatic rings. The summed E-state index contributed by atoms with van der Waals surface area (Å²) in [6.07, 6.45) is 5.88. The molecule has 0 bridgehead atoms. The first kappa shape index (κ1) is 14.2. The van der Waals surface area contributed by atoms with E-state index in [9.17, 15) is 9.90 Å². The second-order valence-corrected chi connectivity index (χ2v) is 5.89. The lowest BCUT2D eigenvalue weighted by Gasteiger charge is -2.19. The largest absolute Gasteiger partial charge is 0.478 e. The Morgan fingerprint density at radius 2 is 2.11 bits per heavy atom. The fraction of sp³-hybridized carbons (Fsp3) is 0.533. The number of carbonyl (C=O) groups is 1. The molecule has 0 saturated heterocycles. The van der Waals surface area contributed by atoms with Gasteiger partial charge in [0.15, 0.2) is 0 Å². The van der Waals surface area contributed by atoms with Crippen molar-refractivity contribution in [1.29, 1.82) is 0 Å². The highest BCUT2D eigenvalue weighted by Crippen LogP contribution is 2.27. The summed E-state index contributed by atoms with van der Waals surface area (Å²) in [5.41, 5.74) is 0.932. The molecule has 2 unspecified atom stereocenters. The van der Waals surface area contributed by atoms with E-state index in [2.05, 4.69) is 12.2 Å². The summed E-state index contributed by atoms with van der Waals surface area (Å²) in [4.78, 5) is 11.2. The topological polar surface area (TPSA) is 49.3 Å². The van der Waals surface area contributed by atoms with Crippen LogP contribution in [0.1, 0.15) is 49.4 Å². The average Bonchev–Trinajstić information content (AvgIpc) is 2.56. The van der Waals surface area contributed by atoms with Gasteiger partial charge in [0, 0.05) is 16.8 Å². The molecule has 19 heavy (non-hydrogen) atoms. The van der Waals surface area contributed by atoms with Crippen LogP contribution in [0.3, 0.4) is 0 Å². The predicted molar refractivity (Wildman–Crippen MR) is 78.1 cm³/mol. The first-order chi connectivity index (χ1) is 9.06. The minimum atomic E-state index is -0.938. The number of hydrogen-bond acceptors (Lipinski definition) is 2. The summed E-state index contributed by atoms with van der Waals surface area (Å²) in [5, 5.41) is 13.1. The summed E-state index contributed by atoms with van der Waals surface area (Å²) in [5.74, 6) is -0.164. The number of benzene rings is 1. The molecule has 2 atom stereocenters. The summed E-state index contributed by atoms with van der Waals surface area (Å²) >= 11 is 5.86. The zero-order valence-corrected chi connectivity index (χ0v) is 11.9. The third-order valence-electron chi connectivity index (χ3n) is 3.83. The third-order valence-corrected chi connectivity index (χ3v) is 4.06. The van der Waals surface area contributed by atoms with Gasteiger partial charge < -0.3 is 10.4 Å². The number of rotatable bonds is 3. The van der Waals surface area contributed by atoms with Crippen LogP contribution in [0.15, 0.2) is 18.2 Å². The molecule has 0 radical (unpaired) electrons. The second-order valence-electron chi connectivity index (χ2n) is 5.45. The SMILES string of the molecule is CC1CCCC(Nc2ccc(Cl)cc2C(=O)O)CC1. The Kier molecular flexibility index (Phi) is 4.70. The van der Waals surface area contributed by atoms with Gasteiger partial charge >= 0.3 is 5.97 Å². The average molecular weight is 282 g/mol. The van der Waals surface area contributed by atoms with Crippen LogP contribution in [0.2, 0.25) is 5.02 Å². The summed E-state index contributed by atoms with van der Waals surface area (Å²) in [7, 11) is 0. The number of halogens is 1. The lowest BCUT2D eigenvalue weighted by Crippen LogP contribution is -2.20. The number of aromatic carboxylic acids is 1. The molecular weight excluding hydrogens is 262 g/mol. The number of nitrogens with one attached hydrogen (secondary N) is 1. The smallest absolute Gasteiger partial charge is 0.337 e. The van der Waals surface area contributed by atoms with Crippen molar-refractivity contribution < 1.29 is 9.90 Å². The highest BCUT2D eigenvalue weighted by molar-refractivity contribution is 6.31. The van der Waals surface area contributed by atoms with E-state index in [0.717, 1.165) is 18.8 Å². The van der Waals surface area contributed by atoms with Gasteiger partial charge in [-0.15, -0.1) is 0 Å². The molecule has 2 rings (SSSR count). The monoisotopic (exact) mass is 281 g/mol. The number of carboxylic acids is 1. The molecule has 0 heterocycles. The number of hydrogen-bond donors (Lipinski definition) is 2. The highest BCUT2D eigenvalue weighted by Gasteiger charge is 2.18. The maximum absolute atomic E-state index is 11.2. The van der Waals surface area contributed by atoms with Crippen molar-refractivity contribution in [2.75, 3.05) is 5.32 Å². The molecule has 0 aromatic heterocycles. The molecule has 1 aliphatic rings. The molecule has 3 nitrogen and oxygen atoms in total. The molecule has 0 aliphatic heterocycles. The van der Waals surface area contributed by atoms with Gasteiger partial charge in [-0.05, 0) is 43.4 Å². The minimum Gasteiger partial charge on any atom is -0.478 e. The summed E-state index contributed by atoms with van der Waals surface area (Å²) in [6.45, 7) is 2.29. The molecule has 0 amide bonds.